The van der Waals surface area contributed by atoms with E-state index in [1.807, 2.05) is 6.92 Å². The minimum atomic E-state index is -0.458. The Kier molecular flexibility index (Phi) is 6.45. The van der Waals surface area contributed by atoms with Crippen LogP contribution in [-0.4, -0.2) is 29.8 Å². The van der Waals surface area contributed by atoms with Crippen LogP contribution in [0.25, 0.3) is 0 Å². The van der Waals surface area contributed by atoms with Crippen LogP contribution in [0.15, 0.2) is 4.52 Å². The summed E-state index contributed by atoms with van der Waals surface area (Å²) in [6.07, 6.45) is 3.76. The fraction of sp³-hybridized carbons (Fsp3) is 0.857. The van der Waals surface area contributed by atoms with E-state index in [0.29, 0.717) is 17.8 Å². The standard InChI is InChI=1S/C14H27N3O2/c1-6-9-15-11(7-2)10-12-16-13(17-19-12)14(4,8-3)18-5/h11,15H,6-10H2,1-5H3. The number of aromatic nitrogens is 2. The normalized spacial score (nSPS) is 16.3. The van der Waals surface area contributed by atoms with Gasteiger partial charge < -0.3 is 14.6 Å². The smallest absolute Gasteiger partial charge is 0.228 e. The predicted molar refractivity (Wildman–Crippen MR) is 75.0 cm³/mol. The minimum absolute atomic E-state index is 0.392. The van der Waals surface area contributed by atoms with E-state index in [9.17, 15) is 0 Å². The fourth-order valence-corrected chi connectivity index (χ4v) is 1.87. The first kappa shape index (κ1) is 16.1. The molecule has 5 nitrogen and oxygen atoms in total. The highest BCUT2D eigenvalue weighted by molar-refractivity contribution is 4.99. The molecular formula is C14H27N3O2. The molecule has 0 spiro atoms. The van der Waals surface area contributed by atoms with Gasteiger partial charge in [-0.15, -0.1) is 0 Å². The summed E-state index contributed by atoms with van der Waals surface area (Å²) < 4.78 is 10.8. The fourth-order valence-electron chi connectivity index (χ4n) is 1.87. The summed E-state index contributed by atoms with van der Waals surface area (Å²) in [7, 11) is 1.68. The second kappa shape index (κ2) is 7.60. The van der Waals surface area contributed by atoms with Gasteiger partial charge in [0, 0.05) is 19.6 Å². The number of ether oxygens (including phenoxy) is 1. The molecule has 2 atom stereocenters. The molecule has 1 rings (SSSR count). The molecule has 1 aromatic heterocycles. The van der Waals surface area contributed by atoms with Crippen molar-refractivity contribution in [2.24, 2.45) is 0 Å². The van der Waals surface area contributed by atoms with E-state index in [0.717, 1.165) is 32.2 Å². The maximum Gasteiger partial charge on any atom is 0.228 e. The van der Waals surface area contributed by atoms with Crippen LogP contribution in [0.2, 0.25) is 0 Å². The Morgan fingerprint density at radius 2 is 2.11 bits per heavy atom. The lowest BCUT2D eigenvalue weighted by atomic mass is 10.0. The first-order valence-electron chi connectivity index (χ1n) is 7.21. The Morgan fingerprint density at radius 3 is 2.63 bits per heavy atom. The minimum Gasteiger partial charge on any atom is -0.370 e. The van der Waals surface area contributed by atoms with E-state index in [2.05, 4.69) is 36.2 Å². The zero-order chi connectivity index (χ0) is 14.3. The lowest BCUT2D eigenvalue weighted by molar-refractivity contribution is -0.0106. The van der Waals surface area contributed by atoms with E-state index >= 15 is 0 Å². The third kappa shape index (κ3) is 4.28. The summed E-state index contributed by atoms with van der Waals surface area (Å²) in [5, 5.41) is 7.54. The van der Waals surface area contributed by atoms with Gasteiger partial charge in [-0.05, 0) is 32.7 Å². The molecule has 0 aliphatic rings. The van der Waals surface area contributed by atoms with Crippen LogP contribution < -0.4 is 5.32 Å². The second-order valence-corrected chi connectivity index (χ2v) is 5.06. The number of nitrogens with one attached hydrogen (secondary N) is 1. The van der Waals surface area contributed by atoms with Gasteiger partial charge in [0.05, 0.1) is 0 Å². The van der Waals surface area contributed by atoms with Gasteiger partial charge >= 0.3 is 0 Å². The van der Waals surface area contributed by atoms with Gasteiger partial charge in [-0.25, -0.2) is 0 Å². The van der Waals surface area contributed by atoms with Crippen molar-refractivity contribution in [3.63, 3.8) is 0 Å². The van der Waals surface area contributed by atoms with Gasteiger partial charge in [0.2, 0.25) is 11.7 Å². The van der Waals surface area contributed by atoms with Gasteiger partial charge in [-0.1, -0.05) is 25.9 Å². The maximum atomic E-state index is 5.48. The van der Waals surface area contributed by atoms with Crippen LogP contribution in [-0.2, 0) is 16.8 Å². The summed E-state index contributed by atoms with van der Waals surface area (Å²) in [4.78, 5) is 4.48. The number of rotatable bonds is 9. The number of hydrogen-bond donors (Lipinski definition) is 1. The topological polar surface area (TPSA) is 60.2 Å². The molecule has 1 heterocycles. The predicted octanol–water partition coefficient (Wildman–Crippen LogP) is 2.66. The van der Waals surface area contributed by atoms with Crippen molar-refractivity contribution >= 4 is 0 Å². The third-order valence-electron chi connectivity index (χ3n) is 3.66. The molecular weight excluding hydrogens is 242 g/mol. The van der Waals surface area contributed by atoms with E-state index in [4.69, 9.17) is 9.26 Å². The van der Waals surface area contributed by atoms with Crippen molar-refractivity contribution in [3.05, 3.63) is 11.7 Å². The Labute approximate surface area is 116 Å². The van der Waals surface area contributed by atoms with E-state index in [1.165, 1.54) is 0 Å². The molecule has 19 heavy (non-hydrogen) atoms. The van der Waals surface area contributed by atoms with Crippen molar-refractivity contribution < 1.29 is 9.26 Å². The van der Waals surface area contributed by atoms with E-state index < -0.39 is 5.60 Å². The highest BCUT2D eigenvalue weighted by Gasteiger charge is 2.30. The molecule has 1 N–H and O–H groups in total. The zero-order valence-electron chi connectivity index (χ0n) is 12.8. The summed E-state index contributed by atoms with van der Waals surface area (Å²) >= 11 is 0. The van der Waals surface area contributed by atoms with Crippen LogP contribution in [0.3, 0.4) is 0 Å². The van der Waals surface area contributed by atoms with Crippen molar-refractivity contribution in [2.75, 3.05) is 13.7 Å². The monoisotopic (exact) mass is 269 g/mol. The molecule has 0 aliphatic carbocycles. The van der Waals surface area contributed by atoms with Crippen LogP contribution >= 0.6 is 0 Å². The Balaban J connectivity index is 2.68. The lowest BCUT2D eigenvalue weighted by Crippen LogP contribution is -2.31. The van der Waals surface area contributed by atoms with Crippen LogP contribution in [0, 0.1) is 0 Å². The van der Waals surface area contributed by atoms with Crippen molar-refractivity contribution in [1.29, 1.82) is 0 Å². The molecule has 0 aliphatic heterocycles. The highest BCUT2D eigenvalue weighted by atomic mass is 16.5. The summed E-state index contributed by atoms with van der Waals surface area (Å²) in [5.74, 6) is 1.32. The molecule has 2 unspecified atom stereocenters. The van der Waals surface area contributed by atoms with Gasteiger partial charge in [-0.2, -0.15) is 4.98 Å². The molecule has 0 amide bonds. The van der Waals surface area contributed by atoms with Gasteiger partial charge in [-0.3, -0.25) is 0 Å². The van der Waals surface area contributed by atoms with Gasteiger partial charge in [0.15, 0.2) is 0 Å². The Bertz CT molecular complexity index is 361. The molecule has 5 heteroatoms. The van der Waals surface area contributed by atoms with Crippen molar-refractivity contribution in [2.45, 2.75) is 65.0 Å². The van der Waals surface area contributed by atoms with Gasteiger partial charge in [0.25, 0.3) is 0 Å². The average molecular weight is 269 g/mol. The highest BCUT2D eigenvalue weighted by Crippen LogP contribution is 2.25. The van der Waals surface area contributed by atoms with Crippen LogP contribution in [0.5, 0.6) is 0 Å². The second-order valence-electron chi connectivity index (χ2n) is 5.06. The Morgan fingerprint density at radius 1 is 1.37 bits per heavy atom. The van der Waals surface area contributed by atoms with Crippen LogP contribution in [0.4, 0.5) is 0 Å². The van der Waals surface area contributed by atoms with Crippen molar-refractivity contribution in [3.8, 4) is 0 Å². The summed E-state index contributed by atoms with van der Waals surface area (Å²) in [6.45, 7) is 9.38. The molecule has 110 valence electrons. The molecule has 0 fully saturated rings. The molecule has 0 aromatic carbocycles. The molecule has 0 saturated heterocycles. The quantitative estimate of drug-likeness (QED) is 0.747. The number of nitrogens with zero attached hydrogens (tertiary/aromatic N) is 2. The lowest BCUT2D eigenvalue weighted by Gasteiger charge is -2.21. The van der Waals surface area contributed by atoms with E-state index in [-0.39, 0.29) is 0 Å². The molecule has 1 aromatic rings. The summed E-state index contributed by atoms with van der Waals surface area (Å²) in [6, 6.07) is 0.392. The third-order valence-corrected chi connectivity index (χ3v) is 3.66. The molecule has 0 radical (unpaired) electrons. The average Bonchev–Trinajstić information content (AvgIpc) is 2.91. The Hall–Kier alpha value is -0.940. The largest absolute Gasteiger partial charge is 0.370 e. The number of methoxy groups -OCH3 is 1. The summed E-state index contributed by atoms with van der Waals surface area (Å²) in [5.41, 5.74) is -0.458. The first-order valence-corrected chi connectivity index (χ1v) is 7.21. The maximum absolute atomic E-state index is 5.48. The number of hydrogen-bond acceptors (Lipinski definition) is 5. The van der Waals surface area contributed by atoms with Gasteiger partial charge in [0.1, 0.15) is 5.60 Å². The molecule has 0 bridgehead atoms. The molecule has 0 saturated carbocycles. The van der Waals surface area contributed by atoms with E-state index in [1.54, 1.807) is 7.11 Å². The zero-order valence-corrected chi connectivity index (χ0v) is 12.8. The first-order chi connectivity index (χ1) is 9.09. The van der Waals surface area contributed by atoms with Crippen LogP contribution in [0.1, 0.15) is 58.7 Å². The van der Waals surface area contributed by atoms with Crippen molar-refractivity contribution in [1.82, 2.24) is 15.5 Å². The SMILES string of the molecule is CCCNC(CC)Cc1nc(C(C)(CC)OC)no1.